The van der Waals surface area contributed by atoms with Crippen LogP contribution in [0.2, 0.25) is 0 Å². The highest BCUT2D eigenvalue weighted by atomic mass is 35.5. The number of rotatable bonds is 6. The number of pyridine rings is 1. The van der Waals surface area contributed by atoms with Gasteiger partial charge in [0.2, 0.25) is 0 Å². The summed E-state index contributed by atoms with van der Waals surface area (Å²) in [7, 11) is 0. The molecule has 5 rings (SSSR count). The third-order valence-corrected chi connectivity index (χ3v) is 5.94. The van der Waals surface area contributed by atoms with Crippen molar-refractivity contribution >= 4 is 28.2 Å². The van der Waals surface area contributed by atoms with Crippen LogP contribution in [-0.4, -0.2) is 32.5 Å². The highest BCUT2D eigenvalue weighted by Crippen LogP contribution is 2.31. The Bertz CT molecular complexity index is 1310. The Morgan fingerprint density at radius 2 is 1.94 bits per heavy atom. The smallest absolute Gasteiger partial charge is 0.123 e. The van der Waals surface area contributed by atoms with Crippen molar-refractivity contribution in [2.45, 2.75) is 13.0 Å². The van der Waals surface area contributed by atoms with Gasteiger partial charge in [-0.1, -0.05) is 41.9 Å². The molecule has 0 fully saturated rings. The van der Waals surface area contributed by atoms with Crippen LogP contribution in [-0.2, 0) is 13.0 Å². The van der Waals surface area contributed by atoms with Crippen LogP contribution in [0.15, 0.2) is 90.5 Å². The van der Waals surface area contributed by atoms with Gasteiger partial charge in [0, 0.05) is 44.1 Å². The molecule has 0 saturated carbocycles. The summed E-state index contributed by atoms with van der Waals surface area (Å²) < 4.78 is 15.6. The molecule has 4 aromatic rings. The van der Waals surface area contributed by atoms with Gasteiger partial charge in [-0.05, 0) is 53.1 Å². The van der Waals surface area contributed by atoms with E-state index in [1.165, 1.54) is 6.07 Å². The van der Waals surface area contributed by atoms with E-state index < -0.39 is 0 Å². The predicted molar refractivity (Wildman–Crippen MR) is 127 cm³/mol. The average Bonchev–Trinajstić information content (AvgIpc) is 3.20. The van der Waals surface area contributed by atoms with E-state index in [4.69, 9.17) is 11.6 Å². The average molecular weight is 445 g/mol. The molecule has 0 unspecified atom stereocenters. The maximum Gasteiger partial charge on any atom is 0.123 e. The monoisotopic (exact) mass is 444 g/mol. The fraction of sp³-hybridized carbons (Fsp3) is 0.154. The first-order valence-corrected chi connectivity index (χ1v) is 10.9. The predicted octanol–water partition coefficient (Wildman–Crippen LogP) is 5.64. The van der Waals surface area contributed by atoms with Crippen molar-refractivity contribution in [1.29, 1.82) is 0 Å². The van der Waals surface area contributed by atoms with E-state index in [0.717, 1.165) is 52.9 Å². The molecule has 0 spiro atoms. The number of benzene rings is 2. The quantitative estimate of drug-likeness (QED) is 0.386. The van der Waals surface area contributed by atoms with Gasteiger partial charge in [-0.15, -0.1) is 0 Å². The Kier molecular flexibility index (Phi) is 5.73. The summed E-state index contributed by atoms with van der Waals surface area (Å²) in [6, 6.07) is 18.8. The Morgan fingerprint density at radius 1 is 1.00 bits per heavy atom. The van der Waals surface area contributed by atoms with Gasteiger partial charge in [-0.3, -0.25) is 4.98 Å². The standard InChI is InChI=1S/C26H22ClFN4/c27-24-17-31(12-9-22-6-1-2-11-29-22)13-10-23(24)20-7-8-25-26(15-20)32(18-30-25)16-19-4-3-5-21(28)14-19/h1-8,10-11,14-15,17-18H,9,12-13,16H2. The van der Waals surface area contributed by atoms with E-state index in [1.54, 1.807) is 18.5 Å². The molecular weight excluding hydrogens is 423 g/mol. The topological polar surface area (TPSA) is 34.0 Å². The zero-order valence-electron chi connectivity index (χ0n) is 17.5. The molecule has 0 aliphatic carbocycles. The minimum atomic E-state index is -0.232. The Balaban J connectivity index is 1.34. The van der Waals surface area contributed by atoms with Crippen molar-refractivity contribution in [2.75, 3.05) is 13.1 Å². The van der Waals surface area contributed by atoms with E-state index in [0.29, 0.717) is 11.6 Å². The van der Waals surface area contributed by atoms with Gasteiger partial charge >= 0.3 is 0 Å². The second-order valence-electron chi connectivity index (χ2n) is 7.87. The van der Waals surface area contributed by atoms with Gasteiger partial charge in [0.25, 0.3) is 0 Å². The lowest BCUT2D eigenvalue weighted by Gasteiger charge is -2.24. The lowest BCUT2D eigenvalue weighted by atomic mass is 10.0. The Hall–Kier alpha value is -3.44. The molecule has 160 valence electrons. The maximum absolute atomic E-state index is 13.6. The molecule has 0 saturated heterocycles. The fourth-order valence-electron chi connectivity index (χ4n) is 3.99. The third kappa shape index (κ3) is 4.43. The maximum atomic E-state index is 13.6. The number of halogens is 2. The van der Waals surface area contributed by atoms with Crippen LogP contribution in [0, 0.1) is 5.82 Å². The molecule has 0 amide bonds. The summed E-state index contributed by atoms with van der Waals surface area (Å²) in [6.45, 7) is 2.21. The van der Waals surface area contributed by atoms with Crippen LogP contribution >= 0.6 is 11.6 Å². The summed E-state index contributed by atoms with van der Waals surface area (Å²) in [5, 5.41) is 0.716. The van der Waals surface area contributed by atoms with Crippen LogP contribution in [0.1, 0.15) is 16.8 Å². The van der Waals surface area contributed by atoms with E-state index in [9.17, 15) is 4.39 Å². The minimum absolute atomic E-state index is 0.232. The molecule has 3 heterocycles. The van der Waals surface area contributed by atoms with Gasteiger partial charge in [0.1, 0.15) is 5.82 Å². The van der Waals surface area contributed by atoms with Crippen molar-refractivity contribution < 1.29 is 4.39 Å². The number of hydrogen-bond acceptors (Lipinski definition) is 3. The van der Waals surface area contributed by atoms with E-state index in [1.807, 2.05) is 53.4 Å². The van der Waals surface area contributed by atoms with Gasteiger partial charge < -0.3 is 9.47 Å². The number of allylic oxidation sites excluding steroid dienone is 2. The van der Waals surface area contributed by atoms with Crippen molar-refractivity contribution in [3.05, 3.63) is 113 Å². The molecule has 1 aliphatic heterocycles. The number of hydrogen-bond donors (Lipinski definition) is 0. The first kappa shape index (κ1) is 20.5. The van der Waals surface area contributed by atoms with Crippen molar-refractivity contribution in [3.8, 4) is 0 Å². The first-order chi connectivity index (χ1) is 15.7. The molecule has 0 N–H and O–H groups in total. The summed E-state index contributed by atoms with van der Waals surface area (Å²) in [4.78, 5) is 11.1. The van der Waals surface area contributed by atoms with E-state index >= 15 is 0 Å². The number of aromatic nitrogens is 3. The Morgan fingerprint density at radius 3 is 2.75 bits per heavy atom. The Labute approximate surface area is 191 Å². The molecule has 32 heavy (non-hydrogen) atoms. The van der Waals surface area contributed by atoms with Crippen molar-refractivity contribution in [3.63, 3.8) is 0 Å². The third-order valence-electron chi connectivity index (χ3n) is 5.64. The van der Waals surface area contributed by atoms with E-state index in [-0.39, 0.29) is 5.82 Å². The normalized spacial score (nSPS) is 13.9. The fourth-order valence-corrected chi connectivity index (χ4v) is 4.31. The molecule has 4 nitrogen and oxygen atoms in total. The summed E-state index contributed by atoms with van der Waals surface area (Å²) in [6.07, 6.45) is 8.66. The second-order valence-corrected chi connectivity index (χ2v) is 8.27. The lowest BCUT2D eigenvalue weighted by molar-refractivity contribution is 0.414. The highest BCUT2D eigenvalue weighted by Gasteiger charge is 2.15. The van der Waals surface area contributed by atoms with Crippen molar-refractivity contribution in [2.24, 2.45) is 0 Å². The van der Waals surface area contributed by atoms with Crippen LogP contribution in [0.3, 0.4) is 0 Å². The summed E-state index contributed by atoms with van der Waals surface area (Å²) in [5.41, 5.74) is 5.93. The van der Waals surface area contributed by atoms with Crippen molar-refractivity contribution in [1.82, 2.24) is 19.4 Å². The zero-order chi connectivity index (χ0) is 21.9. The molecule has 2 aromatic heterocycles. The molecule has 0 atom stereocenters. The number of fused-ring (bicyclic) bond motifs is 1. The molecule has 2 aromatic carbocycles. The van der Waals surface area contributed by atoms with E-state index in [2.05, 4.69) is 27.0 Å². The molecule has 0 bridgehead atoms. The summed E-state index contributed by atoms with van der Waals surface area (Å²) in [5.74, 6) is -0.232. The van der Waals surface area contributed by atoms with Crippen LogP contribution < -0.4 is 0 Å². The van der Waals surface area contributed by atoms with Crippen LogP contribution in [0.25, 0.3) is 16.6 Å². The molecule has 0 radical (unpaired) electrons. The minimum Gasteiger partial charge on any atom is -0.372 e. The first-order valence-electron chi connectivity index (χ1n) is 10.6. The van der Waals surface area contributed by atoms with Gasteiger partial charge in [0.15, 0.2) is 0 Å². The second kappa shape index (κ2) is 8.97. The lowest BCUT2D eigenvalue weighted by Crippen LogP contribution is -2.23. The largest absolute Gasteiger partial charge is 0.372 e. The summed E-state index contributed by atoms with van der Waals surface area (Å²) >= 11 is 6.68. The zero-order valence-corrected chi connectivity index (χ0v) is 18.2. The molecular formula is C26H22ClFN4. The van der Waals surface area contributed by atoms with Crippen LogP contribution in [0.4, 0.5) is 4.39 Å². The van der Waals surface area contributed by atoms with Crippen LogP contribution in [0.5, 0.6) is 0 Å². The number of imidazole rings is 1. The van der Waals surface area contributed by atoms with Gasteiger partial charge in [-0.2, -0.15) is 0 Å². The van der Waals surface area contributed by atoms with Gasteiger partial charge in [-0.25, -0.2) is 9.37 Å². The molecule has 1 aliphatic rings. The van der Waals surface area contributed by atoms with Gasteiger partial charge in [0.05, 0.1) is 22.4 Å². The molecule has 6 heteroatoms. The highest BCUT2D eigenvalue weighted by molar-refractivity contribution is 6.37. The number of nitrogens with zero attached hydrogens (tertiary/aromatic N) is 4. The SMILES string of the molecule is Fc1cccc(Cn2cnc3ccc(C4=CCN(CCc5ccccn5)C=C4Cl)cc32)c1.